The molecular formula is C15H14NO2+. The van der Waals surface area contributed by atoms with Crippen LogP contribution in [-0.4, -0.2) is 13.4 Å². The number of aromatic nitrogens is 1. The van der Waals surface area contributed by atoms with Crippen LogP contribution in [0.2, 0.25) is 0 Å². The van der Waals surface area contributed by atoms with Crippen LogP contribution in [0.25, 0.3) is 12.2 Å². The minimum absolute atomic E-state index is 0.688. The molecule has 0 bridgehead atoms. The number of rotatable bonds is 4. The predicted molar refractivity (Wildman–Crippen MR) is 69.9 cm³/mol. The minimum Gasteiger partial charge on any atom is -0.298 e. The molecule has 0 radical (unpaired) electrons. The Morgan fingerprint density at radius 1 is 0.889 bits per heavy atom. The van der Waals surface area contributed by atoms with E-state index in [9.17, 15) is 4.79 Å². The van der Waals surface area contributed by atoms with Crippen LogP contribution in [0, 0.1) is 0 Å². The van der Waals surface area contributed by atoms with Crippen molar-refractivity contribution >= 4 is 18.4 Å². The van der Waals surface area contributed by atoms with Gasteiger partial charge in [-0.15, -0.1) is 0 Å². The molecule has 2 rings (SSSR count). The smallest absolute Gasteiger partial charge is 0.223 e. The minimum atomic E-state index is 0.688. The van der Waals surface area contributed by atoms with Gasteiger partial charge in [-0.05, 0) is 11.1 Å². The molecule has 0 spiro atoms. The van der Waals surface area contributed by atoms with E-state index < -0.39 is 0 Å². The van der Waals surface area contributed by atoms with E-state index in [2.05, 4.69) is 0 Å². The van der Waals surface area contributed by atoms with Crippen molar-refractivity contribution in [1.82, 2.24) is 0 Å². The monoisotopic (exact) mass is 240 g/mol. The van der Waals surface area contributed by atoms with E-state index in [0.29, 0.717) is 5.56 Å². The summed E-state index contributed by atoms with van der Waals surface area (Å²) in [7, 11) is 1.62. The Bertz CT molecular complexity index is 542. The Balaban J connectivity index is 2.10. The van der Waals surface area contributed by atoms with Crippen molar-refractivity contribution in [3.8, 4) is 0 Å². The number of aldehydes is 1. The van der Waals surface area contributed by atoms with Crippen LogP contribution in [0.5, 0.6) is 0 Å². The molecule has 3 heteroatoms. The molecule has 0 saturated carbocycles. The Labute approximate surface area is 106 Å². The maximum absolute atomic E-state index is 10.5. The van der Waals surface area contributed by atoms with Gasteiger partial charge in [-0.1, -0.05) is 36.4 Å². The third kappa shape index (κ3) is 3.04. The van der Waals surface area contributed by atoms with E-state index in [1.54, 1.807) is 24.0 Å². The van der Waals surface area contributed by atoms with Crippen LogP contribution in [0.15, 0.2) is 48.8 Å². The van der Waals surface area contributed by atoms with Gasteiger partial charge >= 0.3 is 0 Å². The molecule has 18 heavy (non-hydrogen) atoms. The Morgan fingerprint density at radius 2 is 1.39 bits per heavy atom. The fraction of sp³-hybridized carbons (Fsp3) is 0.0667. The second kappa shape index (κ2) is 5.77. The molecule has 90 valence electrons. The molecule has 1 aromatic heterocycles. The largest absolute Gasteiger partial charge is 0.298 e. The van der Waals surface area contributed by atoms with E-state index in [-0.39, 0.29) is 0 Å². The van der Waals surface area contributed by atoms with Crippen molar-refractivity contribution in [3.05, 3.63) is 65.5 Å². The maximum Gasteiger partial charge on any atom is 0.223 e. The summed E-state index contributed by atoms with van der Waals surface area (Å²) in [5.41, 5.74) is 2.83. The Morgan fingerprint density at radius 3 is 1.89 bits per heavy atom. The fourth-order valence-electron chi connectivity index (χ4n) is 1.54. The van der Waals surface area contributed by atoms with Crippen LogP contribution in [0.3, 0.4) is 0 Å². The van der Waals surface area contributed by atoms with Crippen molar-refractivity contribution in [3.63, 3.8) is 0 Å². The lowest BCUT2D eigenvalue weighted by Crippen LogP contribution is -2.39. The summed E-state index contributed by atoms with van der Waals surface area (Å²) >= 11 is 0. The molecule has 0 atom stereocenters. The van der Waals surface area contributed by atoms with E-state index >= 15 is 0 Å². The first kappa shape index (κ1) is 12.0. The van der Waals surface area contributed by atoms with Gasteiger partial charge in [0.15, 0.2) is 0 Å². The van der Waals surface area contributed by atoms with Gasteiger partial charge in [0.25, 0.3) is 0 Å². The van der Waals surface area contributed by atoms with E-state index in [0.717, 1.165) is 17.4 Å². The highest BCUT2D eigenvalue weighted by atomic mass is 16.6. The zero-order valence-electron chi connectivity index (χ0n) is 10.1. The van der Waals surface area contributed by atoms with Crippen LogP contribution < -0.4 is 9.57 Å². The molecule has 0 unspecified atom stereocenters. The van der Waals surface area contributed by atoms with Gasteiger partial charge in [-0.3, -0.25) is 9.63 Å². The number of benzene rings is 1. The summed E-state index contributed by atoms with van der Waals surface area (Å²) < 4.78 is 1.62. The number of nitrogens with zero attached hydrogens (tertiary/aromatic N) is 1. The second-order valence-electron chi connectivity index (χ2n) is 3.79. The number of hydrogen-bond acceptors (Lipinski definition) is 2. The van der Waals surface area contributed by atoms with Gasteiger partial charge in [0.1, 0.15) is 13.4 Å². The van der Waals surface area contributed by atoms with Crippen LogP contribution in [-0.2, 0) is 0 Å². The molecule has 1 aromatic carbocycles. The van der Waals surface area contributed by atoms with Crippen LogP contribution in [0.1, 0.15) is 21.5 Å². The van der Waals surface area contributed by atoms with Crippen LogP contribution >= 0.6 is 0 Å². The van der Waals surface area contributed by atoms with Crippen LogP contribution in [0.4, 0.5) is 0 Å². The summed E-state index contributed by atoms with van der Waals surface area (Å²) in [6.07, 6.45) is 8.54. The average Bonchev–Trinajstić information content (AvgIpc) is 2.46. The first-order chi connectivity index (χ1) is 8.81. The van der Waals surface area contributed by atoms with Crippen molar-refractivity contribution < 1.29 is 14.4 Å². The molecule has 0 N–H and O–H groups in total. The summed E-state index contributed by atoms with van der Waals surface area (Å²) in [5.74, 6) is 0. The highest BCUT2D eigenvalue weighted by Crippen LogP contribution is 2.08. The maximum atomic E-state index is 10.5. The summed E-state index contributed by atoms with van der Waals surface area (Å²) in [4.78, 5) is 15.5. The second-order valence-corrected chi connectivity index (χ2v) is 3.79. The molecule has 2 aromatic rings. The normalized spacial score (nSPS) is 10.5. The highest BCUT2D eigenvalue weighted by Gasteiger charge is 1.96. The molecule has 0 amide bonds. The third-order valence-corrected chi connectivity index (χ3v) is 2.58. The summed E-state index contributed by atoms with van der Waals surface area (Å²) in [5, 5.41) is 0. The van der Waals surface area contributed by atoms with Gasteiger partial charge in [0.2, 0.25) is 12.4 Å². The Hall–Kier alpha value is -2.42. The third-order valence-electron chi connectivity index (χ3n) is 2.58. The van der Waals surface area contributed by atoms with Gasteiger partial charge in [-0.2, -0.15) is 0 Å². The molecule has 0 fully saturated rings. The van der Waals surface area contributed by atoms with Gasteiger partial charge in [0, 0.05) is 22.4 Å². The highest BCUT2D eigenvalue weighted by molar-refractivity contribution is 5.76. The van der Waals surface area contributed by atoms with E-state index in [1.165, 1.54) is 0 Å². The van der Waals surface area contributed by atoms with Crippen molar-refractivity contribution in [2.75, 3.05) is 7.11 Å². The molecule has 0 aliphatic rings. The Kier molecular flexibility index (Phi) is 3.86. The quantitative estimate of drug-likeness (QED) is 0.604. The lowest BCUT2D eigenvalue weighted by Gasteiger charge is -1.95. The first-order valence-electron chi connectivity index (χ1n) is 5.61. The molecular weight excluding hydrogens is 226 g/mol. The lowest BCUT2D eigenvalue weighted by molar-refractivity contribution is -0.885. The molecule has 3 nitrogen and oxygen atoms in total. The number of hydrogen-bond donors (Lipinski definition) is 0. The van der Waals surface area contributed by atoms with Gasteiger partial charge in [0.05, 0.1) is 0 Å². The molecule has 0 aliphatic heterocycles. The standard InChI is InChI=1S/C15H14NO2/c1-18-16-10-8-14(9-11-16)3-2-13-4-6-15(12-17)7-5-13/h2-12H,1H3/q+1/b3-2+. The summed E-state index contributed by atoms with van der Waals surface area (Å²) in [6.45, 7) is 0. The van der Waals surface area contributed by atoms with E-state index in [4.69, 9.17) is 4.84 Å². The fourth-order valence-corrected chi connectivity index (χ4v) is 1.54. The topological polar surface area (TPSA) is 30.2 Å². The zero-order chi connectivity index (χ0) is 12.8. The van der Waals surface area contributed by atoms with Crippen molar-refractivity contribution in [1.29, 1.82) is 0 Å². The van der Waals surface area contributed by atoms with Gasteiger partial charge in [-0.25, -0.2) is 0 Å². The SMILES string of the molecule is CO[n+]1ccc(/C=C/c2ccc(C=O)cc2)cc1. The predicted octanol–water partition coefficient (Wildman–Crippen LogP) is 2.02. The molecule has 0 aliphatic carbocycles. The number of carbonyl (C=O) groups excluding carboxylic acids is 1. The lowest BCUT2D eigenvalue weighted by atomic mass is 10.1. The van der Waals surface area contributed by atoms with Crippen molar-refractivity contribution in [2.24, 2.45) is 0 Å². The van der Waals surface area contributed by atoms with Gasteiger partial charge < -0.3 is 0 Å². The summed E-state index contributed by atoms with van der Waals surface area (Å²) in [6, 6.07) is 11.4. The first-order valence-corrected chi connectivity index (χ1v) is 5.61. The molecule has 1 heterocycles. The zero-order valence-corrected chi connectivity index (χ0v) is 10.1. The number of carbonyl (C=O) groups is 1. The average molecular weight is 240 g/mol. The number of pyridine rings is 1. The molecule has 0 saturated heterocycles. The van der Waals surface area contributed by atoms with E-state index in [1.807, 2.05) is 48.8 Å². The van der Waals surface area contributed by atoms with Crippen molar-refractivity contribution in [2.45, 2.75) is 0 Å².